The number of hydrogen-bond donors (Lipinski definition) is 1. The number of fused-ring (bicyclic) bond motifs is 1. The summed E-state index contributed by atoms with van der Waals surface area (Å²) in [7, 11) is 0. The molecular formula is C17H23N3O4. The summed E-state index contributed by atoms with van der Waals surface area (Å²) < 4.78 is 8.16. The highest BCUT2D eigenvalue weighted by molar-refractivity contribution is 5.80. The molecule has 1 amide bonds. The van der Waals surface area contributed by atoms with Crippen molar-refractivity contribution in [1.82, 2.24) is 14.5 Å². The maximum atomic E-state index is 12.6. The summed E-state index contributed by atoms with van der Waals surface area (Å²) in [5.74, 6) is -0.0908. The molecule has 0 aliphatic rings. The first kappa shape index (κ1) is 17.8. The van der Waals surface area contributed by atoms with E-state index in [0.29, 0.717) is 12.1 Å². The normalized spacial score (nSPS) is 11.5. The number of nitrogens with one attached hydrogen (secondary N) is 1. The van der Waals surface area contributed by atoms with Crippen LogP contribution in [0, 0.1) is 0 Å². The molecule has 7 heteroatoms. The predicted octanol–water partition coefficient (Wildman–Crippen LogP) is 1.92. The van der Waals surface area contributed by atoms with E-state index in [4.69, 9.17) is 4.74 Å². The molecule has 0 saturated carbocycles. The van der Waals surface area contributed by atoms with E-state index in [1.165, 1.54) is 11.5 Å². The average Bonchev–Trinajstić information content (AvgIpc) is 2.71. The fourth-order valence-corrected chi connectivity index (χ4v) is 2.45. The molecule has 1 aromatic heterocycles. The Morgan fingerprint density at radius 3 is 2.25 bits per heavy atom. The van der Waals surface area contributed by atoms with Gasteiger partial charge in [0, 0.05) is 13.1 Å². The van der Waals surface area contributed by atoms with Gasteiger partial charge in [-0.1, -0.05) is 12.1 Å². The minimum Gasteiger partial charge on any atom is -0.444 e. The summed E-state index contributed by atoms with van der Waals surface area (Å²) in [6, 6.07) is 7.28. The molecule has 130 valence electrons. The summed E-state index contributed by atoms with van der Waals surface area (Å²) in [6.07, 6.45) is -0.525. The zero-order valence-corrected chi connectivity index (χ0v) is 14.5. The Labute approximate surface area is 140 Å². The molecule has 7 nitrogen and oxygen atoms in total. The third-order valence-electron chi connectivity index (χ3n) is 3.31. The van der Waals surface area contributed by atoms with Crippen LogP contribution in [0.2, 0.25) is 0 Å². The average molecular weight is 333 g/mol. The van der Waals surface area contributed by atoms with E-state index in [0.717, 1.165) is 5.52 Å². The molecule has 0 atom stereocenters. The second kappa shape index (κ2) is 6.90. The van der Waals surface area contributed by atoms with Crippen molar-refractivity contribution in [2.45, 2.75) is 46.4 Å². The first-order valence-electron chi connectivity index (χ1n) is 7.83. The lowest BCUT2D eigenvalue weighted by atomic mass is 10.2. The van der Waals surface area contributed by atoms with E-state index in [1.54, 1.807) is 31.4 Å². The van der Waals surface area contributed by atoms with Gasteiger partial charge >= 0.3 is 11.8 Å². The fourth-order valence-electron chi connectivity index (χ4n) is 2.45. The fraction of sp³-hybridized carbons (Fsp3) is 0.471. The van der Waals surface area contributed by atoms with Crippen molar-refractivity contribution < 1.29 is 14.3 Å². The lowest BCUT2D eigenvalue weighted by molar-refractivity contribution is -0.117. The van der Waals surface area contributed by atoms with Crippen LogP contribution in [-0.4, -0.2) is 33.2 Å². The Hall–Kier alpha value is -2.57. The van der Waals surface area contributed by atoms with Gasteiger partial charge in [0.2, 0.25) is 0 Å². The van der Waals surface area contributed by atoms with Crippen LogP contribution in [0.25, 0.3) is 11.0 Å². The van der Waals surface area contributed by atoms with Crippen molar-refractivity contribution in [2.75, 3.05) is 6.54 Å². The number of benzene rings is 1. The van der Waals surface area contributed by atoms with Crippen LogP contribution in [-0.2, 0) is 22.6 Å². The molecule has 0 spiro atoms. The van der Waals surface area contributed by atoms with Crippen molar-refractivity contribution >= 4 is 22.9 Å². The summed E-state index contributed by atoms with van der Waals surface area (Å²) in [6.45, 7) is 7.38. The number of aromatic nitrogens is 2. The largest absolute Gasteiger partial charge is 0.444 e. The quantitative estimate of drug-likeness (QED) is 0.906. The molecule has 2 rings (SSSR count). The van der Waals surface area contributed by atoms with Crippen molar-refractivity contribution in [3.05, 3.63) is 34.7 Å². The number of ketones is 1. The van der Waals surface area contributed by atoms with Gasteiger partial charge in [0.25, 0.3) is 0 Å². The lowest BCUT2D eigenvalue weighted by Crippen LogP contribution is -2.36. The van der Waals surface area contributed by atoms with E-state index in [9.17, 15) is 14.4 Å². The maximum absolute atomic E-state index is 12.6. The van der Waals surface area contributed by atoms with Crippen LogP contribution < -0.4 is 11.0 Å². The van der Waals surface area contributed by atoms with Gasteiger partial charge < -0.3 is 10.1 Å². The third-order valence-corrected chi connectivity index (χ3v) is 3.31. The molecule has 0 unspecified atom stereocenters. The molecule has 24 heavy (non-hydrogen) atoms. The van der Waals surface area contributed by atoms with Crippen molar-refractivity contribution in [3.63, 3.8) is 0 Å². The lowest BCUT2D eigenvalue weighted by Gasteiger charge is -2.19. The number of imidazole rings is 1. The Balaban J connectivity index is 2.18. The van der Waals surface area contributed by atoms with Gasteiger partial charge in [-0.05, 0) is 39.8 Å². The summed E-state index contributed by atoms with van der Waals surface area (Å²) in [5, 5.41) is 2.63. The van der Waals surface area contributed by atoms with Crippen molar-refractivity contribution in [1.29, 1.82) is 0 Å². The summed E-state index contributed by atoms with van der Waals surface area (Å²) in [5.41, 5.74) is 0.598. The highest BCUT2D eigenvalue weighted by Gasteiger charge is 2.17. The Morgan fingerprint density at radius 1 is 1.12 bits per heavy atom. The molecule has 1 aromatic carbocycles. The predicted molar refractivity (Wildman–Crippen MR) is 91.1 cm³/mol. The second-order valence-corrected chi connectivity index (χ2v) is 6.64. The van der Waals surface area contributed by atoms with Gasteiger partial charge in [0.1, 0.15) is 11.4 Å². The van der Waals surface area contributed by atoms with Crippen LogP contribution in [0.5, 0.6) is 0 Å². The van der Waals surface area contributed by atoms with Crippen LogP contribution in [0.4, 0.5) is 4.79 Å². The topological polar surface area (TPSA) is 82.3 Å². The molecule has 0 saturated heterocycles. The van der Waals surface area contributed by atoms with Gasteiger partial charge in [0.05, 0.1) is 17.6 Å². The number of rotatable bonds is 5. The highest BCUT2D eigenvalue weighted by Crippen LogP contribution is 2.12. The van der Waals surface area contributed by atoms with E-state index in [-0.39, 0.29) is 24.6 Å². The van der Waals surface area contributed by atoms with E-state index in [1.807, 2.05) is 18.2 Å². The van der Waals surface area contributed by atoms with Crippen LogP contribution in [0.1, 0.15) is 27.7 Å². The number of hydrogen-bond acceptors (Lipinski definition) is 4. The zero-order chi connectivity index (χ0) is 17.9. The molecular weight excluding hydrogens is 310 g/mol. The molecule has 0 aliphatic carbocycles. The molecule has 1 heterocycles. The zero-order valence-electron chi connectivity index (χ0n) is 14.5. The van der Waals surface area contributed by atoms with Gasteiger partial charge in [0.15, 0.2) is 0 Å². The number of alkyl carbamates (subject to hydrolysis) is 1. The first-order valence-corrected chi connectivity index (χ1v) is 7.83. The number of amides is 1. The molecule has 0 bridgehead atoms. The molecule has 2 aromatic rings. The molecule has 1 N–H and O–H groups in total. The molecule has 0 aliphatic heterocycles. The Kier molecular flexibility index (Phi) is 5.11. The van der Waals surface area contributed by atoms with Gasteiger partial charge in [-0.3, -0.25) is 13.9 Å². The van der Waals surface area contributed by atoms with Crippen LogP contribution >= 0.6 is 0 Å². The van der Waals surface area contributed by atoms with E-state index < -0.39 is 11.7 Å². The minimum absolute atomic E-state index is 0.0336. The second-order valence-electron chi connectivity index (χ2n) is 6.64. The van der Waals surface area contributed by atoms with Crippen molar-refractivity contribution in [3.8, 4) is 0 Å². The number of para-hydroxylation sites is 2. The SMILES string of the molecule is CC(=O)Cn1c(=O)n(CCNC(=O)OC(C)(C)C)c2ccccc21. The Bertz CT molecular complexity index is 811. The maximum Gasteiger partial charge on any atom is 0.407 e. The van der Waals surface area contributed by atoms with Crippen LogP contribution in [0.15, 0.2) is 29.1 Å². The standard InChI is InChI=1S/C17H23N3O4/c1-12(21)11-20-14-8-6-5-7-13(14)19(16(20)23)10-9-18-15(22)24-17(2,3)4/h5-8H,9-11H2,1-4H3,(H,18,22). The van der Waals surface area contributed by atoms with Crippen molar-refractivity contribution in [2.24, 2.45) is 0 Å². The summed E-state index contributed by atoms with van der Waals surface area (Å²) >= 11 is 0. The minimum atomic E-state index is -0.571. The third kappa shape index (κ3) is 4.24. The molecule has 0 radical (unpaired) electrons. The number of carbonyl (C=O) groups excluding carboxylic acids is 2. The van der Waals surface area contributed by atoms with Gasteiger partial charge in [-0.2, -0.15) is 0 Å². The van der Waals surface area contributed by atoms with E-state index >= 15 is 0 Å². The molecule has 0 fully saturated rings. The van der Waals surface area contributed by atoms with Gasteiger partial charge in [-0.15, -0.1) is 0 Å². The Morgan fingerprint density at radius 2 is 1.71 bits per heavy atom. The first-order chi connectivity index (χ1) is 11.2. The number of Topliss-reactive ketones (excluding diaryl/α,β-unsaturated/α-hetero) is 1. The van der Waals surface area contributed by atoms with Crippen LogP contribution in [0.3, 0.4) is 0 Å². The number of nitrogens with zero attached hydrogens (tertiary/aromatic N) is 2. The smallest absolute Gasteiger partial charge is 0.407 e. The number of carbonyl (C=O) groups is 2. The van der Waals surface area contributed by atoms with E-state index in [2.05, 4.69) is 5.32 Å². The number of ether oxygens (including phenoxy) is 1. The highest BCUT2D eigenvalue weighted by atomic mass is 16.6. The monoisotopic (exact) mass is 333 g/mol. The summed E-state index contributed by atoms with van der Waals surface area (Å²) in [4.78, 5) is 35.6. The van der Waals surface area contributed by atoms with Gasteiger partial charge in [-0.25, -0.2) is 9.59 Å².